The number of nitrogens with two attached hydrogens (primary N) is 1. The first-order chi connectivity index (χ1) is 12.2. The summed E-state index contributed by atoms with van der Waals surface area (Å²) in [5.74, 6) is 0.883. The summed E-state index contributed by atoms with van der Waals surface area (Å²) in [4.78, 5) is 15.9. The Morgan fingerprint density at radius 2 is 1.76 bits per heavy atom. The van der Waals surface area contributed by atoms with Crippen LogP contribution < -0.4 is 21.1 Å². The molecule has 0 aliphatic heterocycles. The van der Waals surface area contributed by atoms with Crippen molar-refractivity contribution < 1.29 is 9.53 Å². The van der Waals surface area contributed by atoms with Gasteiger partial charge in [-0.05, 0) is 29.7 Å². The van der Waals surface area contributed by atoms with Crippen molar-refractivity contribution in [2.75, 3.05) is 20.2 Å². The van der Waals surface area contributed by atoms with E-state index in [0.29, 0.717) is 13.1 Å². The predicted octanol–water partition coefficient (Wildman–Crippen LogP) is 1.46. The Bertz CT molecular complexity index is 684. The smallest absolute Gasteiger partial charge is 0.242 e. The second kappa shape index (κ2) is 9.97. The van der Waals surface area contributed by atoms with Gasteiger partial charge in [0.25, 0.3) is 0 Å². The van der Waals surface area contributed by atoms with E-state index in [1.54, 1.807) is 7.11 Å². The molecule has 132 valence electrons. The van der Waals surface area contributed by atoms with Gasteiger partial charge in [0.15, 0.2) is 5.96 Å². The minimum absolute atomic E-state index is 0.000322. The van der Waals surface area contributed by atoms with Gasteiger partial charge >= 0.3 is 0 Å². The molecular weight excluding hydrogens is 316 g/mol. The van der Waals surface area contributed by atoms with Crippen LogP contribution in [0.15, 0.2) is 59.6 Å². The Hall–Kier alpha value is -3.02. The van der Waals surface area contributed by atoms with Crippen molar-refractivity contribution in [2.45, 2.75) is 13.0 Å². The maximum Gasteiger partial charge on any atom is 0.242 e. The molecule has 2 aromatic carbocycles. The molecule has 0 spiro atoms. The van der Waals surface area contributed by atoms with Gasteiger partial charge in [0.1, 0.15) is 12.3 Å². The summed E-state index contributed by atoms with van der Waals surface area (Å²) in [6, 6.07) is 17.6. The van der Waals surface area contributed by atoms with Gasteiger partial charge in [-0.15, -0.1) is 0 Å². The van der Waals surface area contributed by atoms with Crippen molar-refractivity contribution in [2.24, 2.45) is 10.7 Å². The molecule has 0 unspecified atom stereocenters. The summed E-state index contributed by atoms with van der Waals surface area (Å²) in [5, 5.41) is 5.81. The number of aliphatic imine (C=N–C) groups is 1. The summed E-state index contributed by atoms with van der Waals surface area (Å²) < 4.78 is 5.09. The lowest BCUT2D eigenvalue weighted by Crippen LogP contribution is -2.35. The molecule has 0 heterocycles. The van der Waals surface area contributed by atoms with Gasteiger partial charge in [0, 0.05) is 13.1 Å². The molecule has 0 saturated heterocycles. The van der Waals surface area contributed by atoms with E-state index in [1.165, 1.54) is 5.56 Å². The van der Waals surface area contributed by atoms with E-state index in [9.17, 15) is 4.79 Å². The number of guanidine groups is 1. The van der Waals surface area contributed by atoms with E-state index in [-0.39, 0.29) is 18.4 Å². The molecule has 4 N–H and O–H groups in total. The van der Waals surface area contributed by atoms with Crippen molar-refractivity contribution in [1.29, 1.82) is 0 Å². The molecule has 2 aromatic rings. The van der Waals surface area contributed by atoms with Gasteiger partial charge < -0.3 is 21.1 Å². The summed E-state index contributed by atoms with van der Waals surface area (Å²) in [7, 11) is 1.62. The third-order valence-electron chi connectivity index (χ3n) is 3.60. The van der Waals surface area contributed by atoms with Crippen LogP contribution in [0.25, 0.3) is 0 Å². The van der Waals surface area contributed by atoms with Crippen LogP contribution in [0.3, 0.4) is 0 Å². The van der Waals surface area contributed by atoms with Gasteiger partial charge in [-0.25, -0.2) is 4.99 Å². The Morgan fingerprint density at radius 1 is 1.04 bits per heavy atom. The van der Waals surface area contributed by atoms with Crippen molar-refractivity contribution in [3.8, 4) is 5.75 Å². The molecule has 0 bridgehead atoms. The monoisotopic (exact) mass is 340 g/mol. The second-order valence-corrected chi connectivity index (χ2v) is 5.49. The number of rotatable bonds is 8. The van der Waals surface area contributed by atoms with Crippen LogP contribution in [0, 0.1) is 0 Å². The molecular formula is C19H24N4O2. The number of nitrogens with zero attached hydrogens (tertiary/aromatic N) is 1. The fraction of sp³-hybridized carbons (Fsp3) is 0.263. The summed E-state index contributed by atoms with van der Waals surface area (Å²) in [6.07, 6.45) is 0.848. The lowest BCUT2D eigenvalue weighted by molar-refractivity contribution is -0.119. The topological polar surface area (TPSA) is 88.7 Å². The van der Waals surface area contributed by atoms with Crippen LogP contribution in [0.4, 0.5) is 0 Å². The zero-order chi connectivity index (χ0) is 17.9. The highest BCUT2D eigenvalue weighted by Crippen LogP contribution is 2.10. The average Bonchev–Trinajstić information content (AvgIpc) is 2.66. The molecule has 25 heavy (non-hydrogen) atoms. The standard InChI is InChI=1S/C19H24N4O2/c1-25-17-9-7-16(8-10-17)13-22-18(24)14-23-19(20)21-12-11-15-5-3-2-4-6-15/h2-10H,11-14H2,1H3,(H,22,24)(H3,20,21,23). The quantitative estimate of drug-likeness (QED) is 0.501. The predicted molar refractivity (Wildman–Crippen MR) is 99.5 cm³/mol. The van der Waals surface area contributed by atoms with Crippen LogP contribution in [-0.4, -0.2) is 32.1 Å². The Labute approximate surface area is 148 Å². The molecule has 0 saturated carbocycles. The summed E-state index contributed by atoms with van der Waals surface area (Å²) >= 11 is 0. The van der Waals surface area contributed by atoms with Gasteiger partial charge in [-0.3, -0.25) is 4.79 Å². The molecule has 1 amide bonds. The molecule has 0 atom stereocenters. The second-order valence-electron chi connectivity index (χ2n) is 5.49. The first kappa shape index (κ1) is 18.3. The van der Waals surface area contributed by atoms with Gasteiger partial charge in [-0.2, -0.15) is 0 Å². The highest BCUT2D eigenvalue weighted by Gasteiger charge is 2.01. The number of hydrogen-bond acceptors (Lipinski definition) is 3. The molecule has 0 aliphatic carbocycles. The molecule has 0 aliphatic rings. The van der Waals surface area contributed by atoms with Crippen molar-refractivity contribution in [1.82, 2.24) is 10.6 Å². The maximum atomic E-state index is 11.8. The minimum Gasteiger partial charge on any atom is -0.497 e. The Kier molecular flexibility index (Phi) is 7.31. The van der Waals surface area contributed by atoms with Crippen molar-refractivity contribution >= 4 is 11.9 Å². The van der Waals surface area contributed by atoms with E-state index in [2.05, 4.69) is 27.8 Å². The lowest BCUT2D eigenvalue weighted by Gasteiger charge is -2.07. The average molecular weight is 340 g/mol. The molecule has 0 radical (unpaired) electrons. The zero-order valence-electron chi connectivity index (χ0n) is 14.4. The van der Waals surface area contributed by atoms with Crippen LogP contribution in [-0.2, 0) is 17.8 Å². The fourth-order valence-corrected chi connectivity index (χ4v) is 2.19. The summed E-state index contributed by atoms with van der Waals surface area (Å²) in [6.45, 7) is 1.12. The highest BCUT2D eigenvalue weighted by molar-refractivity contribution is 5.83. The number of carbonyl (C=O) groups excluding carboxylic acids is 1. The van der Waals surface area contributed by atoms with Crippen LogP contribution in [0.2, 0.25) is 0 Å². The molecule has 6 nitrogen and oxygen atoms in total. The number of amides is 1. The Balaban J connectivity index is 1.66. The first-order valence-electron chi connectivity index (χ1n) is 8.14. The number of nitrogens with one attached hydrogen (secondary N) is 2. The van der Waals surface area contributed by atoms with Crippen LogP contribution >= 0.6 is 0 Å². The minimum atomic E-state index is -0.177. The third-order valence-corrected chi connectivity index (χ3v) is 3.60. The number of ether oxygens (including phenoxy) is 1. The van der Waals surface area contributed by atoms with E-state index in [1.807, 2.05) is 42.5 Å². The first-order valence-corrected chi connectivity index (χ1v) is 8.14. The van der Waals surface area contributed by atoms with Gasteiger partial charge in [0.2, 0.25) is 5.91 Å². The van der Waals surface area contributed by atoms with E-state index in [4.69, 9.17) is 10.5 Å². The maximum absolute atomic E-state index is 11.8. The number of benzene rings is 2. The van der Waals surface area contributed by atoms with Gasteiger partial charge in [-0.1, -0.05) is 42.5 Å². The molecule has 6 heteroatoms. The summed E-state index contributed by atoms with van der Waals surface area (Å²) in [5.41, 5.74) is 7.99. The molecule has 2 rings (SSSR count). The molecule has 0 fully saturated rings. The fourth-order valence-electron chi connectivity index (χ4n) is 2.19. The van der Waals surface area contributed by atoms with E-state index in [0.717, 1.165) is 17.7 Å². The number of hydrogen-bond donors (Lipinski definition) is 3. The SMILES string of the molecule is COc1ccc(CNC(=O)CN=C(N)NCCc2ccccc2)cc1. The van der Waals surface area contributed by atoms with Crippen molar-refractivity contribution in [3.05, 3.63) is 65.7 Å². The van der Waals surface area contributed by atoms with E-state index >= 15 is 0 Å². The molecule has 0 aromatic heterocycles. The van der Waals surface area contributed by atoms with Crippen molar-refractivity contribution in [3.63, 3.8) is 0 Å². The zero-order valence-corrected chi connectivity index (χ0v) is 14.4. The number of methoxy groups -OCH3 is 1. The largest absolute Gasteiger partial charge is 0.497 e. The van der Waals surface area contributed by atoms with Crippen LogP contribution in [0.1, 0.15) is 11.1 Å². The van der Waals surface area contributed by atoms with E-state index < -0.39 is 0 Å². The highest BCUT2D eigenvalue weighted by atomic mass is 16.5. The van der Waals surface area contributed by atoms with Gasteiger partial charge in [0.05, 0.1) is 7.11 Å². The number of carbonyl (C=O) groups is 1. The Morgan fingerprint density at radius 3 is 2.44 bits per heavy atom. The normalized spacial score (nSPS) is 11.0. The lowest BCUT2D eigenvalue weighted by atomic mass is 10.1. The third kappa shape index (κ3) is 6.95. The van der Waals surface area contributed by atoms with Crippen LogP contribution in [0.5, 0.6) is 5.75 Å².